The number of amides is 1. The van der Waals surface area contributed by atoms with Gasteiger partial charge in [-0.25, -0.2) is 27.0 Å². The van der Waals surface area contributed by atoms with Crippen LogP contribution in [0.25, 0.3) is 10.9 Å². The van der Waals surface area contributed by atoms with E-state index in [0.29, 0.717) is 34.6 Å². The molecular weight excluding hydrogens is 787 g/mol. The molecule has 0 atom stereocenters. The van der Waals surface area contributed by atoms with Crippen LogP contribution in [0.1, 0.15) is 69.2 Å². The second kappa shape index (κ2) is 17.9. The summed E-state index contributed by atoms with van der Waals surface area (Å²) in [6.07, 6.45) is 1.20. The highest BCUT2D eigenvalue weighted by Crippen LogP contribution is 2.43. The molecule has 0 saturated heterocycles. The van der Waals surface area contributed by atoms with E-state index in [0.717, 1.165) is 41.0 Å². The number of fused-ring (bicyclic) bond motifs is 1. The first kappa shape index (κ1) is 41.2. The Kier molecular flexibility index (Phi) is 12.1. The van der Waals surface area contributed by atoms with Gasteiger partial charge in [0.15, 0.2) is 5.82 Å². The molecule has 61 heavy (non-hydrogen) atoms. The van der Waals surface area contributed by atoms with Crippen LogP contribution in [-0.4, -0.2) is 39.3 Å². The summed E-state index contributed by atoms with van der Waals surface area (Å²) in [4.78, 5) is 45.6. The molecule has 1 amide bonds. The van der Waals surface area contributed by atoms with E-state index in [1.54, 1.807) is 6.07 Å². The third-order valence-corrected chi connectivity index (χ3v) is 9.93. The average Bonchev–Trinajstić information content (AvgIpc) is 3.62. The first-order valence-corrected chi connectivity index (χ1v) is 18.7. The number of carboxylic acids is 1. The number of carbonyl (C=O) groups is 4. The molecule has 2 N–H and O–H groups in total. The molecule has 0 aliphatic rings. The van der Waals surface area contributed by atoms with Crippen molar-refractivity contribution in [1.29, 1.82) is 0 Å². The van der Waals surface area contributed by atoms with Gasteiger partial charge in [-0.05, 0) is 94.9 Å². The van der Waals surface area contributed by atoms with Gasteiger partial charge in [0.2, 0.25) is 0 Å². The first-order chi connectivity index (χ1) is 29.5. The lowest BCUT2D eigenvalue weighted by molar-refractivity contribution is 0.0691. The van der Waals surface area contributed by atoms with Crippen molar-refractivity contribution >= 4 is 41.2 Å². The summed E-state index contributed by atoms with van der Waals surface area (Å²) in [6.45, 7) is 0. The van der Waals surface area contributed by atoms with Crippen LogP contribution >= 0.6 is 0 Å². The number of rotatable bonds is 11. The number of nitrogens with one attached hydrogen (secondary N) is 1. The molecule has 0 unspecified atom stereocenters. The molecule has 7 aromatic carbocycles. The zero-order chi connectivity index (χ0) is 43.1. The Morgan fingerprint density at radius 3 is 1.57 bits per heavy atom. The Balaban J connectivity index is 0.000000404. The number of hydrogen-bond acceptors (Lipinski definition) is 5. The quantitative estimate of drug-likeness (QED) is 0.0762. The monoisotopic (exact) mass is 819 g/mol. The number of aldehydes is 2. The van der Waals surface area contributed by atoms with Gasteiger partial charge in [0.1, 0.15) is 41.4 Å². The summed E-state index contributed by atoms with van der Waals surface area (Å²) in [5.74, 6) is -5.05. The number of nitrogens with zero attached hydrogens (tertiary/aromatic N) is 2. The van der Waals surface area contributed by atoms with Crippen LogP contribution in [0.15, 0.2) is 164 Å². The molecule has 302 valence electrons. The van der Waals surface area contributed by atoms with Gasteiger partial charge in [-0.15, -0.1) is 0 Å². The summed E-state index contributed by atoms with van der Waals surface area (Å²) in [5.41, 5.74) is 2.84. The van der Waals surface area contributed by atoms with Crippen LogP contribution in [0.2, 0.25) is 0 Å². The van der Waals surface area contributed by atoms with Crippen LogP contribution in [0.5, 0.6) is 0 Å². The SMILES string of the molecule is O=Cc1ccc(F)c(C(=O)Nc2nn(C(c3ccccc3)(c3ccccc3)c3ccccc3)c3ccc(Cc4cc(F)cc(F)c4)cc23)c1.O=Cc1ccc(F)c(C(=O)O)c1. The van der Waals surface area contributed by atoms with Crippen molar-refractivity contribution in [3.05, 3.63) is 237 Å². The maximum atomic E-state index is 14.9. The van der Waals surface area contributed by atoms with Crippen molar-refractivity contribution < 1.29 is 41.8 Å². The molecular formula is C49H33F4N3O5. The first-order valence-electron chi connectivity index (χ1n) is 18.7. The minimum atomic E-state index is -1.38. The van der Waals surface area contributed by atoms with Crippen LogP contribution in [0, 0.1) is 23.3 Å². The van der Waals surface area contributed by atoms with E-state index < -0.39 is 46.2 Å². The molecule has 1 heterocycles. The number of carbonyl (C=O) groups excluding carboxylic acids is 3. The molecule has 8 nitrogen and oxygen atoms in total. The molecule has 0 aliphatic carbocycles. The van der Waals surface area contributed by atoms with Gasteiger partial charge in [0, 0.05) is 22.6 Å². The fraction of sp³-hybridized carbons (Fsp3) is 0.0408. The maximum absolute atomic E-state index is 14.9. The minimum Gasteiger partial charge on any atom is -0.478 e. The lowest BCUT2D eigenvalue weighted by Crippen LogP contribution is -2.38. The van der Waals surface area contributed by atoms with E-state index in [9.17, 15) is 36.7 Å². The average molecular weight is 820 g/mol. The molecule has 1 aromatic heterocycles. The molecule has 0 fully saturated rings. The van der Waals surface area contributed by atoms with Crippen molar-refractivity contribution in [2.75, 3.05) is 5.32 Å². The maximum Gasteiger partial charge on any atom is 0.338 e. The summed E-state index contributed by atoms with van der Waals surface area (Å²) in [7, 11) is 0. The Morgan fingerprint density at radius 1 is 0.590 bits per heavy atom. The fourth-order valence-corrected chi connectivity index (χ4v) is 7.22. The zero-order valence-electron chi connectivity index (χ0n) is 31.9. The molecule has 0 aliphatic heterocycles. The number of carboxylic acid groups (broad SMARTS) is 1. The second-order valence-corrected chi connectivity index (χ2v) is 13.8. The standard InChI is InChI=1S/C41H28F3N3O2.C8H5FO3/c42-33-21-29(22-34(43)25-33)20-27-17-19-38-36(23-27)39(45-40(49)35-24-28(26-48)16-18-37(35)44)46-47(38)41(30-10-4-1-5-11-30,31-12-6-2-7-13-31)32-14-8-3-9-15-32;9-7-2-1-5(4-10)3-6(7)8(11)12/h1-19,21-26H,20H2,(H,45,46,49);1-4H,(H,11,12). The Bertz CT molecular complexity index is 2790. The number of halogens is 4. The number of anilines is 1. The van der Waals surface area contributed by atoms with Crippen molar-refractivity contribution in [2.24, 2.45) is 0 Å². The van der Waals surface area contributed by atoms with E-state index in [-0.39, 0.29) is 28.9 Å². The second-order valence-electron chi connectivity index (χ2n) is 13.8. The van der Waals surface area contributed by atoms with E-state index in [1.165, 1.54) is 30.3 Å². The van der Waals surface area contributed by atoms with E-state index in [4.69, 9.17) is 10.2 Å². The highest BCUT2D eigenvalue weighted by Gasteiger charge is 2.41. The topological polar surface area (TPSA) is 118 Å². The van der Waals surface area contributed by atoms with Crippen molar-refractivity contribution in [1.82, 2.24) is 9.78 Å². The van der Waals surface area contributed by atoms with Crippen molar-refractivity contribution in [2.45, 2.75) is 12.0 Å². The highest BCUT2D eigenvalue weighted by atomic mass is 19.1. The van der Waals surface area contributed by atoms with Gasteiger partial charge >= 0.3 is 5.97 Å². The van der Waals surface area contributed by atoms with Gasteiger partial charge in [-0.1, -0.05) is 97.1 Å². The molecule has 0 radical (unpaired) electrons. The third kappa shape index (κ3) is 8.60. The molecule has 0 bridgehead atoms. The van der Waals surface area contributed by atoms with Gasteiger partial charge in [0.05, 0.1) is 16.6 Å². The lowest BCUT2D eigenvalue weighted by atomic mass is 9.77. The molecule has 0 spiro atoms. The van der Waals surface area contributed by atoms with Gasteiger partial charge < -0.3 is 10.4 Å². The smallest absolute Gasteiger partial charge is 0.338 e. The largest absolute Gasteiger partial charge is 0.478 e. The summed E-state index contributed by atoms with van der Waals surface area (Å²) < 4.78 is 57.7. The third-order valence-electron chi connectivity index (χ3n) is 9.93. The lowest BCUT2D eigenvalue weighted by Gasteiger charge is -2.37. The summed E-state index contributed by atoms with van der Waals surface area (Å²) in [6, 6.07) is 45.1. The number of aromatic carboxylic acids is 1. The summed E-state index contributed by atoms with van der Waals surface area (Å²) in [5, 5.41) is 16.8. The van der Waals surface area contributed by atoms with Gasteiger partial charge in [-0.3, -0.25) is 14.4 Å². The van der Waals surface area contributed by atoms with Gasteiger partial charge in [0.25, 0.3) is 5.91 Å². The van der Waals surface area contributed by atoms with Crippen LogP contribution in [0.4, 0.5) is 23.4 Å². The van der Waals surface area contributed by atoms with Crippen LogP contribution < -0.4 is 5.32 Å². The fourth-order valence-electron chi connectivity index (χ4n) is 7.22. The summed E-state index contributed by atoms with van der Waals surface area (Å²) >= 11 is 0. The van der Waals surface area contributed by atoms with E-state index in [1.807, 2.05) is 108 Å². The predicted octanol–water partition coefficient (Wildman–Crippen LogP) is 10.3. The van der Waals surface area contributed by atoms with E-state index >= 15 is 0 Å². The van der Waals surface area contributed by atoms with Crippen molar-refractivity contribution in [3.8, 4) is 0 Å². The molecule has 0 saturated carbocycles. The minimum absolute atomic E-state index is 0.135. The number of hydrogen-bond donors (Lipinski definition) is 2. The van der Waals surface area contributed by atoms with Gasteiger partial charge in [-0.2, -0.15) is 5.10 Å². The number of benzene rings is 7. The van der Waals surface area contributed by atoms with Crippen LogP contribution in [-0.2, 0) is 12.0 Å². The molecule has 8 rings (SSSR count). The Hall–Kier alpha value is -7.99. The van der Waals surface area contributed by atoms with E-state index in [2.05, 4.69) is 5.32 Å². The Morgan fingerprint density at radius 2 is 1.08 bits per heavy atom. The highest BCUT2D eigenvalue weighted by molar-refractivity contribution is 6.09. The predicted molar refractivity (Wildman–Crippen MR) is 222 cm³/mol. The van der Waals surface area contributed by atoms with Crippen LogP contribution in [0.3, 0.4) is 0 Å². The zero-order valence-corrected chi connectivity index (χ0v) is 31.9. The van der Waals surface area contributed by atoms with Crippen molar-refractivity contribution in [3.63, 3.8) is 0 Å². The number of aromatic nitrogens is 2. The Labute approximate surface area is 346 Å². The normalized spacial score (nSPS) is 11.0. The molecule has 12 heteroatoms. The molecule has 8 aromatic rings.